The van der Waals surface area contributed by atoms with Gasteiger partial charge in [0.25, 0.3) is 5.91 Å². The molecule has 5 rings (SSSR count). The summed E-state index contributed by atoms with van der Waals surface area (Å²) in [5, 5.41) is 1.70. The molecule has 1 fully saturated rings. The number of hydrogen-bond acceptors (Lipinski definition) is 5. The molecule has 0 unspecified atom stereocenters. The van der Waals surface area contributed by atoms with Crippen molar-refractivity contribution in [3.05, 3.63) is 121 Å². The van der Waals surface area contributed by atoms with E-state index >= 15 is 0 Å². The molecule has 1 saturated heterocycles. The van der Waals surface area contributed by atoms with Gasteiger partial charge in [0.15, 0.2) is 16.7 Å². The second-order valence-corrected chi connectivity index (χ2v) is 12.0. The fourth-order valence-electron chi connectivity index (χ4n) is 4.39. The summed E-state index contributed by atoms with van der Waals surface area (Å²) in [6.07, 6.45) is 1.85. The molecule has 214 valence electrons. The molecule has 0 saturated carbocycles. The highest BCUT2D eigenvalue weighted by atomic mass is 35.5. The molecule has 1 aliphatic heterocycles. The van der Waals surface area contributed by atoms with Crippen LogP contribution < -0.4 is 14.4 Å². The highest BCUT2D eigenvalue weighted by Gasteiger charge is 2.35. The van der Waals surface area contributed by atoms with Crippen LogP contribution in [-0.2, 0) is 11.4 Å². The lowest BCUT2D eigenvalue weighted by Crippen LogP contribution is -2.28. The number of halogens is 2. The van der Waals surface area contributed by atoms with Crippen LogP contribution in [0.3, 0.4) is 0 Å². The molecule has 0 N–H and O–H groups in total. The number of hydrogen-bond donors (Lipinski definition) is 0. The zero-order valence-corrected chi connectivity index (χ0v) is 26.3. The lowest BCUT2D eigenvalue weighted by Gasteiger charge is -2.17. The molecule has 42 heavy (non-hydrogen) atoms. The Balaban J connectivity index is 1.46. The van der Waals surface area contributed by atoms with Crippen molar-refractivity contribution in [2.75, 3.05) is 12.0 Å². The van der Waals surface area contributed by atoms with Gasteiger partial charge in [0, 0.05) is 15.6 Å². The van der Waals surface area contributed by atoms with Crippen LogP contribution in [-0.4, -0.2) is 18.2 Å². The topological polar surface area (TPSA) is 51.1 Å². The molecular weight excluding hydrogens is 587 g/mol. The Hall–Kier alpha value is -3.71. The van der Waals surface area contributed by atoms with Gasteiger partial charge in [-0.15, -0.1) is 0 Å². The van der Waals surface area contributed by atoms with E-state index in [1.165, 1.54) is 17.3 Å². The van der Waals surface area contributed by atoms with E-state index in [0.717, 1.165) is 39.2 Å². The van der Waals surface area contributed by atoms with Crippen LogP contribution in [0.5, 0.6) is 11.5 Å². The predicted molar refractivity (Wildman–Crippen MR) is 176 cm³/mol. The molecule has 8 heteroatoms. The number of methoxy groups -OCH3 is 1. The highest BCUT2D eigenvalue weighted by Crippen LogP contribution is 2.39. The number of amides is 1. The van der Waals surface area contributed by atoms with E-state index in [1.54, 1.807) is 24.1 Å². The molecule has 0 radical (unpaired) electrons. The largest absolute Gasteiger partial charge is 0.493 e. The predicted octanol–water partition coefficient (Wildman–Crippen LogP) is 9.62. The minimum atomic E-state index is -0.137. The second kappa shape index (κ2) is 12.7. The van der Waals surface area contributed by atoms with Gasteiger partial charge in [-0.05, 0) is 122 Å². The molecule has 4 aromatic rings. The van der Waals surface area contributed by atoms with E-state index in [9.17, 15) is 4.79 Å². The van der Waals surface area contributed by atoms with E-state index in [4.69, 9.17) is 37.7 Å². The summed E-state index contributed by atoms with van der Waals surface area (Å²) in [6.45, 7) is 8.48. The number of benzene rings is 4. The number of aliphatic imine (C=N–C) groups is 1. The van der Waals surface area contributed by atoms with Crippen LogP contribution in [0.1, 0.15) is 33.4 Å². The fraction of sp³-hybridized carbons (Fsp3) is 0.176. The lowest BCUT2D eigenvalue weighted by molar-refractivity contribution is -0.113. The Morgan fingerprint density at radius 1 is 0.833 bits per heavy atom. The number of ether oxygens (including phenoxy) is 2. The van der Waals surface area contributed by atoms with Crippen molar-refractivity contribution >= 4 is 63.5 Å². The first-order valence-corrected chi connectivity index (χ1v) is 14.9. The normalized spacial score (nSPS) is 15.1. The van der Waals surface area contributed by atoms with Gasteiger partial charge in [-0.2, -0.15) is 0 Å². The van der Waals surface area contributed by atoms with E-state index in [0.29, 0.717) is 31.6 Å². The van der Waals surface area contributed by atoms with Crippen molar-refractivity contribution in [3.63, 3.8) is 0 Å². The first-order valence-electron chi connectivity index (χ1n) is 13.3. The second-order valence-electron chi connectivity index (χ2n) is 10.1. The third kappa shape index (κ3) is 6.51. The van der Waals surface area contributed by atoms with Crippen molar-refractivity contribution in [1.82, 2.24) is 0 Å². The number of amidine groups is 1. The van der Waals surface area contributed by atoms with Gasteiger partial charge in [0.2, 0.25) is 0 Å². The molecule has 0 spiro atoms. The zero-order valence-electron chi connectivity index (χ0n) is 24.0. The van der Waals surface area contributed by atoms with Gasteiger partial charge in [-0.25, -0.2) is 4.99 Å². The maximum Gasteiger partial charge on any atom is 0.271 e. The molecular formula is C34H30Cl2N2O3S. The van der Waals surface area contributed by atoms with E-state index in [1.807, 2.05) is 73.7 Å². The Labute approximate surface area is 260 Å². The van der Waals surface area contributed by atoms with Crippen LogP contribution in [0.2, 0.25) is 10.0 Å². The zero-order chi connectivity index (χ0) is 30.0. The van der Waals surface area contributed by atoms with Crippen LogP contribution in [0.15, 0.2) is 82.7 Å². The summed E-state index contributed by atoms with van der Waals surface area (Å²) in [6, 6.07) is 22.9. The molecule has 1 aliphatic rings. The fourth-order valence-corrected chi connectivity index (χ4v) is 5.85. The molecule has 1 amide bonds. The van der Waals surface area contributed by atoms with Crippen molar-refractivity contribution < 1.29 is 14.3 Å². The minimum absolute atomic E-state index is 0.137. The highest BCUT2D eigenvalue weighted by molar-refractivity contribution is 8.19. The number of nitrogens with zero attached hydrogens (tertiary/aromatic N) is 2. The number of anilines is 1. The van der Waals surface area contributed by atoms with Gasteiger partial charge in [-0.3, -0.25) is 9.69 Å². The summed E-state index contributed by atoms with van der Waals surface area (Å²) in [5.41, 5.74) is 7.79. The molecule has 5 nitrogen and oxygen atoms in total. The average molecular weight is 618 g/mol. The quantitative estimate of drug-likeness (QED) is 0.194. The number of rotatable bonds is 7. The number of carbonyl (C=O) groups is 1. The maximum absolute atomic E-state index is 13.8. The monoisotopic (exact) mass is 616 g/mol. The van der Waals surface area contributed by atoms with Crippen LogP contribution in [0.4, 0.5) is 11.4 Å². The van der Waals surface area contributed by atoms with Gasteiger partial charge in [-0.1, -0.05) is 47.5 Å². The van der Waals surface area contributed by atoms with Crippen LogP contribution >= 0.6 is 35.0 Å². The number of carbonyl (C=O) groups excluding carboxylic acids is 1. The van der Waals surface area contributed by atoms with Crippen molar-refractivity contribution in [1.29, 1.82) is 0 Å². The molecule has 1 heterocycles. The lowest BCUT2D eigenvalue weighted by atomic mass is 10.1. The van der Waals surface area contributed by atoms with Crippen molar-refractivity contribution in [2.45, 2.75) is 34.3 Å². The first kappa shape index (κ1) is 29.8. The summed E-state index contributed by atoms with van der Waals surface area (Å²) in [7, 11) is 1.58. The molecule has 0 aliphatic carbocycles. The Morgan fingerprint density at radius 2 is 1.57 bits per heavy atom. The molecule has 4 aromatic carbocycles. The molecule has 0 aromatic heterocycles. The van der Waals surface area contributed by atoms with E-state index in [-0.39, 0.29) is 12.5 Å². The number of thioether (sulfide) groups is 1. The SMILES string of the molecule is COc1cc(/C=C2\SC(=Nc3ccc(C)c(C)c3)N(c3ccc(C)c(C)c3)C2=O)ccc1OCc1ccc(Cl)cc1Cl. The first-order chi connectivity index (χ1) is 20.1. The van der Waals surface area contributed by atoms with Crippen LogP contribution in [0.25, 0.3) is 6.08 Å². The summed E-state index contributed by atoms with van der Waals surface area (Å²) < 4.78 is 11.6. The standard InChI is InChI=1S/C34H30Cl2N2O3S/c1-20-6-11-27(14-22(20)3)37-34-38(28-12-7-21(2)23(4)15-28)33(39)32(42-34)17-24-8-13-30(31(16-24)40-5)41-19-25-9-10-26(35)18-29(25)36/h6-18H,19H2,1-5H3/b32-17-,37-34?. The molecule has 0 bridgehead atoms. The number of aryl methyl sites for hydroxylation is 4. The average Bonchev–Trinajstić information content (AvgIpc) is 3.26. The Bertz CT molecular complexity index is 1750. The smallest absolute Gasteiger partial charge is 0.271 e. The summed E-state index contributed by atoms with van der Waals surface area (Å²) in [5.74, 6) is 0.965. The van der Waals surface area contributed by atoms with Gasteiger partial charge in [0.1, 0.15) is 6.61 Å². The van der Waals surface area contributed by atoms with Gasteiger partial charge >= 0.3 is 0 Å². The molecule has 0 atom stereocenters. The maximum atomic E-state index is 13.8. The van der Waals surface area contributed by atoms with E-state index < -0.39 is 0 Å². The van der Waals surface area contributed by atoms with Crippen molar-refractivity contribution in [2.24, 2.45) is 4.99 Å². The van der Waals surface area contributed by atoms with Gasteiger partial charge < -0.3 is 9.47 Å². The van der Waals surface area contributed by atoms with Gasteiger partial charge in [0.05, 0.1) is 23.4 Å². The summed E-state index contributed by atoms with van der Waals surface area (Å²) in [4.78, 5) is 21.0. The van der Waals surface area contributed by atoms with Crippen LogP contribution in [0, 0.1) is 27.7 Å². The third-order valence-corrected chi connectivity index (χ3v) is 8.71. The Kier molecular flexibility index (Phi) is 8.97. The summed E-state index contributed by atoms with van der Waals surface area (Å²) >= 11 is 13.7. The third-order valence-electron chi connectivity index (χ3n) is 7.15. The Morgan fingerprint density at radius 3 is 2.26 bits per heavy atom. The van der Waals surface area contributed by atoms with Crippen molar-refractivity contribution in [3.8, 4) is 11.5 Å². The minimum Gasteiger partial charge on any atom is -0.493 e. The van der Waals surface area contributed by atoms with E-state index in [2.05, 4.69) is 20.8 Å².